The molecule has 6 heteroatoms. The molecule has 0 atom stereocenters. The van der Waals surface area contributed by atoms with Crippen molar-refractivity contribution in [3.8, 4) is 11.4 Å². The van der Waals surface area contributed by atoms with Gasteiger partial charge in [-0.2, -0.15) is 0 Å². The number of rotatable bonds is 7. The van der Waals surface area contributed by atoms with E-state index in [0.29, 0.717) is 5.92 Å². The molecule has 1 heterocycles. The molecule has 1 aliphatic carbocycles. The second-order valence-electron chi connectivity index (χ2n) is 7.74. The van der Waals surface area contributed by atoms with Crippen molar-refractivity contribution in [1.82, 2.24) is 14.8 Å². The van der Waals surface area contributed by atoms with Gasteiger partial charge in [0.1, 0.15) is 4.75 Å². The van der Waals surface area contributed by atoms with Crippen LogP contribution < -0.4 is 5.32 Å². The first-order chi connectivity index (χ1) is 14.0. The van der Waals surface area contributed by atoms with Gasteiger partial charge in [0.2, 0.25) is 5.91 Å². The van der Waals surface area contributed by atoms with Gasteiger partial charge in [-0.3, -0.25) is 4.79 Å². The van der Waals surface area contributed by atoms with Crippen molar-refractivity contribution in [1.29, 1.82) is 0 Å². The maximum atomic E-state index is 13.0. The van der Waals surface area contributed by atoms with Gasteiger partial charge in [-0.1, -0.05) is 68.1 Å². The second kappa shape index (κ2) is 8.03. The summed E-state index contributed by atoms with van der Waals surface area (Å²) in [6.45, 7) is 7.16. The van der Waals surface area contributed by atoms with Crippen molar-refractivity contribution < 1.29 is 4.79 Å². The van der Waals surface area contributed by atoms with Crippen molar-refractivity contribution in [3.63, 3.8) is 0 Å². The maximum absolute atomic E-state index is 13.0. The number of aromatic nitrogens is 3. The Kier molecular flexibility index (Phi) is 5.46. The fraction of sp³-hybridized carbons (Fsp3) is 0.348. The van der Waals surface area contributed by atoms with Gasteiger partial charge in [0.05, 0.1) is 0 Å². The predicted octanol–water partition coefficient (Wildman–Crippen LogP) is 5.35. The molecule has 0 unspecified atom stereocenters. The van der Waals surface area contributed by atoms with Crippen LogP contribution in [0.4, 0.5) is 5.69 Å². The largest absolute Gasteiger partial charge is 0.325 e. The first-order valence-electron chi connectivity index (χ1n) is 10.1. The van der Waals surface area contributed by atoms with Gasteiger partial charge in [-0.25, -0.2) is 0 Å². The SMILES string of the molecule is CCn1c(SC2(C(=O)Nc3ccc(C(C)C)cc3)CC2)nnc1-c1ccccc1. The van der Waals surface area contributed by atoms with Crippen molar-refractivity contribution in [2.24, 2.45) is 0 Å². The van der Waals surface area contributed by atoms with Gasteiger partial charge in [0, 0.05) is 17.8 Å². The molecular formula is C23H26N4OS. The lowest BCUT2D eigenvalue weighted by Crippen LogP contribution is -2.27. The van der Waals surface area contributed by atoms with Crippen LogP contribution in [-0.4, -0.2) is 25.4 Å². The van der Waals surface area contributed by atoms with E-state index >= 15 is 0 Å². The zero-order chi connectivity index (χ0) is 20.4. The van der Waals surface area contributed by atoms with Gasteiger partial charge in [-0.05, 0) is 43.4 Å². The Hall–Kier alpha value is -2.60. The molecule has 0 saturated heterocycles. The lowest BCUT2D eigenvalue weighted by atomic mass is 10.0. The van der Waals surface area contributed by atoms with Crippen LogP contribution in [0.15, 0.2) is 59.8 Å². The Balaban J connectivity index is 1.50. The summed E-state index contributed by atoms with van der Waals surface area (Å²) < 4.78 is 1.63. The molecule has 1 aliphatic rings. The minimum Gasteiger partial charge on any atom is -0.325 e. The highest BCUT2D eigenvalue weighted by Gasteiger charge is 2.52. The Morgan fingerprint density at radius 2 is 1.79 bits per heavy atom. The van der Waals surface area contributed by atoms with E-state index in [1.54, 1.807) is 0 Å². The summed E-state index contributed by atoms with van der Waals surface area (Å²) in [5, 5.41) is 12.7. The number of nitrogens with one attached hydrogen (secondary N) is 1. The summed E-state index contributed by atoms with van der Waals surface area (Å²) in [6.07, 6.45) is 1.70. The third kappa shape index (κ3) is 4.08. The van der Waals surface area contributed by atoms with Crippen LogP contribution in [0.1, 0.15) is 45.1 Å². The van der Waals surface area contributed by atoms with E-state index in [-0.39, 0.29) is 5.91 Å². The molecule has 0 aliphatic heterocycles. The standard InChI is InChI=1S/C23H26N4OS/c1-4-27-20(18-8-6-5-7-9-18)25-26-22(27)29-23(14-15-23)21(28)24-19-12-10-17(11-13-19)16(2)3/h5-13,16H,4,14-15H2,1-3H3,(H,24,28). The third-order valence-corrected chi connectivity index (χ3v) is 6.77. The average molecular weight is 407 g/mol. The van der Waals surface area contributed by atoms with Crippen LogP contribution in [-0.2, 0) is 11.3 Å². The average Bonchev–Trinajstić information content (AvgIpc) is 3.41. The number of nitrogens with zero attached hydrogens (tertiary/aromatic N) is 3. The molecule has 0 spiro atoms. The molecule has 0 radical (unpaired) electrons. The Morgan fingerprint density at radius 3 is 2.38 bits per heavy atom. The maximum Gasteiger partial charge on any atom is 0.241 e. The smallest absolute Gasteiger partial charge is 0.241 e. The minimum atomic E-state index is -0.454. The Labute approximate surface area is 175 Å². The van der Waals surface area contributed by atoms with Crippen LogP contribution >= 0.6 is 11.8 Å². The van der Waals surface area contributed by atoms with Gasteiger partial charge >= 0.3 is 0 Å². The van der Waals surface area contributed by atoms with Crippen molar-refractivity contribution in [2.75, 3.05) is 5.32 Å². The van der Waals surface area contributed by atoms with Crippen molar-refractivity contribution in [2.45, 2.75) is 56.0 Å². The zero-order valence-electron chi connectivity index (χ0n) is 17.1. The number of hydrogen-bond donors (Lipinski definition) is 1. The van der Waals surface area contributed by atoms with Crippen molar-refractivity contribution >= 4 is 23.4 Å². The van der Waals surface area contributed by atoms with E-state index in [2.05, 4.69) is 53.0 Å². The molecular weight excluding hydrogens is 380 g/mol. The fourth-order valence-corrected chi connectivity index (χ4v) is 4.52. The van der Waals surface area contributed by atoms with Crippen LogP contribution in [0, 0.1) is 0 Å². The normalized spacial score (nSPS) is 14.8. The molecule has 150 valence electrons. The summed E-state index contributed by atoms with van der Waals surface area (Å²) in [5.74, 6) is 1.37. The summed E-state index contributed by atoms with van der Waals surface area (Å²) in [6, 6.07) is 18.2. The predicted molar refractivity (Wildman–Crippen MR) is 118 cm³/mol. The Morgan fingerprint density at radius 1 is 1.10 bits per heavy atom. The zero-order valence-corrected chi connectivity index (χ0v) is 17.9. The fourth-order valence-electron chi connectivity index (χ4n) is 3.31. The number of thioether (sulfide) groups is 1. The minimum absolute atomic E-state index is 0.0479. The van der Waals surface area contributed by atoms with Crippen molar-refractivity contribution in [3.05, 3.63) is 60.2 Å². The topological polar surface area (TPSA) is 59.8 Å². The van der Waals surface area contributed by atoms with E-state index in [1.807, 2.05) is 42.5 Å². The van der Waals surface area contributed by atoms with E-state index in [0.717, 1.165) is 41.6 Å². The molecule has 2 aromatic carbocycles. The number of carbonyl (C=O) groups excluding carboxylic acids is 1. The monoisotopic (exact) mass is 406 g/mol. The number of amides is 1. The third-order valence-electron chi connectivity index (χ3n) is 5.30. The first-order valence-corrected chi connectivity index (χ1v) is 10.9. The Bertz CT molecular complexity index is 991. The summed E-state index contributed by atoms with van der Waals surface area (Å²) in [7, 11) is 0. The number of hydrogen-bond acceptors (Lipinski definition) is 4. The molecule has 1 saturated carbocycles. The quantitative estimate of drug-likeness (QED) is 0.574. The molecule has 5 nitrogen and oxygen atoms in total. The first kappa shape index (κ1) is 19.7. The molecule has 0 bridgehead atoms. The van der Waals surface area contributed by atoms with Crippen LogP contribution in [0.25, 0.3) is 11.4 Å². The van der Waals surface area contributed by atoms with E-state index in [1.165, 1.54) is 17.3 Å². The molecule has 3 aromatic rings. The van der Waals surface area contributed by atoms with Crippen LogP contribution in [0.2, 0.25) is 0 Å². The van der Waals surface area contributed by atoms with Crippen LogP contribution in [0.3, 0.4) is 0 Å². The molecule has 1 amide bonds. The van der Waals surface area contributed by atoms with Crippen LogP contribution in [0.5, 0.6) is 0 Å². The molecule has 1 fully saturated rings. The molecule has 29 heavy (non-hydrogen) atoms. The molecule has 1 N–H and O–H groups in total. The second-order valence-corrected chi connectivity index (χ2v) is 9.09. The lowest BCUT2D eigenvalue weighted by Gasteiger charge is -2.16. The molecule has 4 rings (SSSR count). The highest BCUT2D eigenvalue weighted by atomic mass is 32.2. The number of benzene rings is 2. The summed E-state index contributed by atoms with van der Waals surface area (Å²) in [4.78, 5) is 13.0. The van der Waals surface area contributed by atoms with Gasteiger partial charge in [0.25, 0.3) is 0 Å². The van der Waals surface area contributed by atoms with E-state index in [9.17, 15) is 4.79 Å². The van der Waals surface area contributed by atoms with E-state index < -0.39 is 4.75 Å². The van der Waals surface area contributed by atoms with Gasteiger partial charge in [0.15, 0.2) is 11.0 Å². The highest BCUT2D eigenvalue weighted by molar-refractivity contribution is 8.01. The lowest BCUT2D eigenvalue weighted by molar-refractivity contribution is -0.116. The summed E-state index contributed by atoms with van der Waals surface area (Å²) >= 11 is 1.54. The molecule has 1 aromatic heterocycles. The summed E-state index contributed by atoms with van der Waals surface area (Å²) in [5.41, 5.74) is 3.14. The number of anilines is 1. The number of carbonyl (C=O) groups is 1. The van der Waals surface area contributed by atoms with Gasteiger partial charge < -0.3 is 9.88 Å². The highest BCUT2D eigenvalue weighted by Crippen LogP contribution is 2.52. The van der Waals surface area contributed by atoms with E-state index in [4.69, 9.17) is 0 Å². The van der Waals surface area contributed by atoms with Gasteiger partial charge in [-0.15, -0.1) is 10.2 Å².